The van der Waals surface area contributed by atoms with E-state index in [-0.39, 0.29) is 11.2 Å². The third-order valence-electron chi connectivity index (χ3n) is 3.36. The Morgan fingerprint density at radius 3 is 2.32 bits per heavy atom. The van der Waals surface area contributed by atoms with Crippen LogP contribution < -0.4 is 10.2 Å². The Morgan fingerprint density at radius 1 is 1.09 bits per heavy atom. The van der Waals surface area contributed by atoms with Gasteiger partial charge in [-0.05, 0) is 41.8 Å². The monoisotopic (exact) mass is 310 g/mol. The highest BCUT2D eigenvalue weighted by Gasteiger charge is 2.30. The van der Waals surface area contributed by atoms with Crippen LogP contribution in [0.2, 0.25) is 0 Å². The molecule has 2 rings (SSSR count). The Kier molecular flexibility index (Phi) is 4.48. The number of alkyl halides is 3. The Labute approximate surface area is 126 Å². The lowest BCUT2D eigenvalue weighted by Crippen LogP contribution is -2.31. The normalized spacial score (nSPS) is 11.4. The van der Waals surface area contributed by atoms with E-state index >= 15 is 0 Å². The second-order valence-electron chi connectivity index (χ2n) is 4.86. The Morgan fingerprint density at radius 2 is 1.77 bits per heavy atom. The average Bonchev–Trinajstić information content (AvgIpc) is 2.46. The molecule has 0 heterocycles. The van der Waals surface area contributed by atoms with E-state index < -0.39 is 18.9 Å². The molecule has 2 N–H and O–H groups in total. The van der Waals surface area contributed by atoms with Crippen LogP contribution in [0.5, 0.6) is 5.75 Å². The molecule has 0 aliphatic carbocycles. The highest BCUT2D eigenvalue weighted by Crippen LogP contribution is 2.33. The van der Waals surface area contributed by atoms with Crippen LogP contribution in [0.25, 0.3) is 11.1 Å². The van der Waals surface area contributed by atoms with Gasteiger partial charge in [0.2, 0.25) is 0 Å². The molecule has 0 aliphatic heterocycles. The summed E-state index contributed by atoms with van der Waals surface area (Å²) in [6.07, 6.45) is -4.42. The van der Waals surface area contributed by atoms with Gasteiger partial charge >= 0.3 is 13.3 Å². The van der Waals surface area contributed by atoms with Crippen molar-refractivity contribution in [3.8, 4) is 16.9 Å². The fourth-order valence-corrected chi connectivity index (χ4v) is 2.26. The molecule has 7 heteroatoms. The van der Waals surface area contributed by atoms with Crippen molar-refractivity contribution in [3.63, 3.8) is 0 Å². The summed E-state index contributed by atoms with van der Waals surface area (Å²) >= 11 is 0. The second kappa shape index (κ2) is 6.02. The number of methoxy groups -OCH3 is 1. The standard InChI is InChI=1S/C15H14BF3O3/c1-9-6-13(16(20)21)14(22-2)8-12(9)10-4-3-5-11(7-10)15(17,18)19/h3-8,20-21H,1-2H3. The summed E-state index contributed by atoms with van der Waals surface area (Å²) in [5, 5.41) is 18.6. The highest BCUT2D eigenvalue weighted by atomic mass is 19.4. The number of hydrogen-bond donors (Lipinski definition) is 2. The summed E-state index contributed by atoms with van der Waals surface area (Å²) in [4.78, 5) is 0. The minimum Gasteiger partial charge on any atom is -0.497 e. The van der Waals surface area contributed by atoms with Gasteiger partial charge in [0.25, 0.3) is 0 Å². The van der Waals surface area contributed by atoms with Gasteiger partial charge in [0.1, 0.15) is 5.75 Å². The van der Waals surface area contributed by atoms with Crippen LogP contribution in [0, 0.1) is 6.92 Å². The first-order valence-electron chi connectivity index (χ1n) is 6.46. The molecule has 3 nitrogen and oxygen atoms in total. The van der Waals surface area contributed by atoms with Crippen molar-refractivity contribution >= 4 is 12.6 Å². The first-order chi connectivity index (χ1) is 10.2. The molecule has 0 spiro atoms. The molecule has 0 radical (unpaired) electrons. The van der Waals surface area contributed by atoms with Crippen LogP contribution in [0.3, 0.4) is 0 Å². The summed E-state index contributed by atoms with van der Waals surface area (Å²) in [5.41, 5.74) is 0.950. The largest absolute Gasteiger partial charge is 0.497 e. The predicted octanol–water partition coefficient (Wildman–Crippen LogP) is 2.37. The van der Waals surface area contributed by atoms with Crippen molar-refractivity contribution in [3.05, 3.63) is 47.5 Å². The van der Waals surface area contributed by atoms with Gasteiger partial charge in [-0.25, -0.2) is 0 Å². The molecule has 0 amide bonds. The molecule has 0 bridgehead atoms. The third kappa shape index (κ3) is 3.26. The number of hydrogen-bond acceptors (Lipinski definition) is 3. The van der Waals surface area contributed by atoms with E-state index in [1.165, 1.54) is 25.3 Å². The molecule has 0 aromatic heterocycles. The van der Waals surface area contributed by atoms with Gasteiger partial charge in [-0.1, -0.05) is 18.2 Å². The van der Waals surface area contributed by atoms with Crippen LogP contribution in [0.15, 0.2) is 36.4 Å². The number of benzene rings is 2. The zero-order valence-corrected chi connectivity index (χ0v) is 12.0. The van der Waals surface area contributed by atoms with Gasteiger partial charge in [0.05, 0.1) is 12.7 Å². The zero-order chi connectivity index (χ0) is 16.5. The Bertz CT molecular complexity index is 684. The van der Waals surface area contributed by atoms with E-state index in [1.54, 1.807) is 13.0 Å². The molecule has 2 aromatic carbocycles. The third-order valence-corrected chi connectivity index (χ3v) is 3.36. The van der Waals surface area contributed by atoms with E-state index in [2.05, 4.69) is 0 Å². The summed E-state index contributed by atoms with van der Waals surface area (Å²) in [6.45, 7) is 1.68. The smallest absolute Gasteiger partial charge is 0.492 e. The van der Waals surface area contributed by atoms with E-state index in [9.17, 15) is 23.2 Å². The molecule has 0 saturated heterocycles. The maximum absolute atomic E-state index is 12.8. The van der Waals surface area contributed by atoms with E-state index in [0.29, 0.717) is 16.7 Å². The van der Waals surface area contributed by atoms with E-state index in [4.69, 9.17) is 4.74 Å². The van der Waals surface area contributed by atoms with Crippen LogP contribution in [0.4, 0.5) is 13.2 Å². The lowest BCUT2D eigenvalue weighted by Gasteiger charge is -2.15. The summed E-state index contributed by atoms with van der Waals surface area (Å²) < 4.78 is 43.5. The lowest BCUT2D eigenvalue weighted by atomic mass is 9.77. The van der Waals surface area contributed by atoms with E-state index in [1.807, 2.05) is 0 Å². The summed E-state index contributed by atoms with van der Waals surface area (Å²) in [7, 11) is -0.365. The molecular weight excluding hydrogens is 296 g/mol. The molecule has 0 saturated carbocycles. The second-order valence-corrected chi connectivity index (χ2v) is 4.86. The SMILES string of the molecule is COc1cc(-c2cccc(C(F)(F)F)c2)c(C)cc1B(O)O. The minimum atomic E-state index is -4.42. The number of rotatable bonds is 3. The number of aryl methyl sites for hydroxylation is 1. The number of halogens is 3. The molecule has 0 unspecified atom stereocenters. The predicted molar refractivity (Wildman–Crippen MR) is 78.0 cm³/mol. The fourth-order valence-electron chi connectivity index (χ4n) is 2.26. The topological polar surface area (TPSA) is 49.7 Å². The van der Waals surface area contributed by atoms with Crippen molar-refractivity contribution in [2.45, 2.75) is 13.1 Å². The molecular formula is C15H14BF3O3. The van der Waals surface area contributed by atoms with Gasteiger partial charge in [-0.3, -0.25) is 0 Å². The van der Waals surface area contributed by atoms with Crippen LogP contribution in [-0.4, -0.2) is 24.3 Å². The van der Waals surface area contributed by atoms with Gasteiger partial charge in [0.15, 0.2) is 0 Å². The molecule has 116 valence electrons. The van der Waals surface area contributed by atoms with Gasteiger partial charge in [-0.15, -0.1) is 0 Å². The first-order valence-corrected chi connectivity index (χ1v) is 6.46. The summed E-state index contributed by atoms with van der Waals surface area (Å²) in [5.74, 6) is 0.202. The minimum absolute atomic E-state index is 0.163. The molecule has 22 heavy (non-hydrogen) atoms. The summed E-state index contributed by atoms with van der Waals surface area (Å²) in [6, 6.07) is 7.93. The average molecular weight is 310 g/mol. The van der Waals surface area contributed by atoms with Crippen LogP contribution in [-0.2, 0) is 6.18 Å². The van der Waals surface area contributed by atoms with Gasteiger partial charge in [0, 0.05) is 5.46 Å². The van der Waals surface area contributed by atoms with Crippen molar-refractivity contribution < 1.29 is 28.0 Å². The number of ether oxygens (including phenoxy) is 1. The highest BCUT2D eigenvalue weighted by molar-refractivity contribution is 6.59. The Balaban J connectivity index is 2.58. The maximum Gasteiger partial charge on any atom is 0.492 e. The van der Waals surface area contributed by atoms with Crippen molar-refractivity contribution in [1.82, 2.24) is 0 Å². The lowest BCUT2D eigenvalue weighted by molar-refractivity contribution is -0.137. The fraction of sp³-hybridized carbons (Fsp3) is 0.200. The molecule has 0 aliphatic rings. The van der Waals surface area contributed by atoms with Crippen LogP contribution in [0.1, 0.15) is 11.1 Å². The van der Waals surface area contributed by atoms with Gasteiger partial charge in [-0.2, -0.15) is 13.2 Å². The molecule has 0 atom stereocenters. The van der Waals surface area contributed by atoms with Crippen molar-refractivity contribution in [2.75, 3.05) is 7.11 Å². The Hall–Kier alpha value is -1.99. The van der Waals surface area contributed by atoms with Gasteiger partial charge < -0.3 is 14.8 Å². The van der Waals surface area contributed by atoms with Crippen LogP contribution >= 0.6 is 0 Å². The van der Waals surface area contributed by atoms with Crippen molar-refractivity contribution in [1.29, 1.82) is 0 Å². The molecule has 2 aromatic rings. The van der Waals surface area contributed by atoms with Crippen molar-refractivity contribution in [2.24, 2.45) is 0 Å². The molecule has 0 fully saturated rings. The first kappa shape index (κ1) is 16.4. The zero-order valence-electron chi connectivity index (χ0n) is 12.0. The van der Waals surface area contributed by atoms with E-state index in [0.717, 1.165) is 12.1 Å². The maximum atomic E-state index is 12.8. The quantitative estimate of drug-likeness (QED) is 0.856.